The van der Waals surface area contributed by atoms with Crippen molar-refractivity contribution in [3.8, 4) is 0 Å². The summed E-state index contributed by atoms with van der Waals surface area (Å²) in [5.74, 6) is 5.58. The van der Waals surface area contributed by atoms with Crippen LogP contribution < -0.4 is 11.3 Å². The number of nitrogens with zero attached hydrogens (tertiary/aromatic N) is 1. The minimum atomic E-state index is 0.272. The highest BCUT2D eigenvalue weighted by Crippen LogP contribution is 2.19. The molecule has 0 bridgehead atoms. The van der Waals surface area contributed by atoms with Gasteiger partial charge in [0, 0.05) is 30.6 Å². The van der Waals surface area contributed by atoms with Gasteiger partial charge in [-0.25, -0.2) is 4.98 Å². The maximum absolute atomic E-state index is 5.72. The SMILES string of the molecule is NNC(Cc1nccs1)CC1CCCCO1. The molecule has 5 heteroatoms. The lowest BCUT2D eigenvalue weighted by Gasteiger charge is -2.26. The molecule has 1 saturated heterocycles. The number of nitrogens with one attached hydrogen (secondary N) is 1. The number of thiazole rings is 1. The van der Waals surface area contributed by atoms with E-state index in [4.69, 9.17) is 10.6 Å². The molecule has 1 aromatic rings. The van der Waals surface area contributed by atoms with Crippen LogP contribution in [0.25, 0.3) is 0 Å². The van der Waals surface area contributed by atoms with Gasteiger partial charge in [0.2, 0.25) is 0 Å². The van der Waals surface area contributed by atoms with Gasteiger partial charge in [-0.15, -0.1) is 11.3 Å². The predicted molar refractivity (Wildman–Crippen MR) is 65.1 cm³/mol. The highest BCUT2D eigenvalue weighted by Gasteiger charge is 2.19. The molecule has 0 aromatic carbocycles. The number of nitrogens with two attached hydrogens (primary N) is 1. The van der Waals surface area contributed by atoms with E-state index >= 15 is 0 Å². The maximum Gasteiger partial charge on any atom is 0.0940 e. The van der Waals surface area contributed by atoms with Crippen molar-refractivity contribution in [2.45, 2.75) is 44.2 Å². The van der Waals surface area contributed by atoms with Gasteiger partial charge in [0.1, 0.15) is 0 Å². The molecule has 2 atom stereocenters. The van der Waals surface area contributed by atoms with E-state index in [0.717, 1.165) is 30.9 Å². The third kappa shape index (κ3) is 3.52. The third-order valence-corrected chi connectivity index (χ3v) is 3.76. The van der Waals surface area contributed by atoms with Gasteiger partial charge in [-0.3, -0.25) is 11.3 Å². The van der Waals surface area contributed by atoms with Gasteiger partial charge in [0.15, 0.2) is 0 Å². The molecule has 2 unspecified atom stereocenters. The number of hydrogen-bond donors (Lipinski definition) is 2. The van der Waals surface area contributed by atoms with Crippen LogP contribution in [0.5, 0.6) is 0 Å². The topological polar surface area (TPSA) is 60.2 Å². The Morgan fingerprint density at radius 2 is 2.56 bits per heavy atom. The fraction of sp³-hybridized carbons (Fsp3) is 0.727. The third-order valence-electron chi connectivity index (χ3n) is 2.96. The van der Waals surface area contributed by atoms with Crippen LogP contribution >= 0.6 is 11.3 Å². The normalized spacial score (nSPS) is 23.2. The minimum absolute atomic E-state index is 0.272. The molecule has 2 heterocycles. The van der Waals surface area contributed by atoms with E-state index in [1.807, 2.05) is 11.6 Å². The van der Waals surface area contributed by atoms with E-state index < -0.39 is 0 Å². The Morgan fingerprint density at radius 1 is 1.62 bits per heavy atom. The zero-order valence-corrected chi connectivity index (χ0v) is 10.2. The summed E-state index contributed by atoms with van der Waals surface area (Å²) in [6, 6.07) is 0.272. The fourth-order valence-electron chi connectivity index (χ4n) is 2.09. The van der Waals surface area contributed by atoms with E-state index in [9.17, 15) is 0 Å². The summed E-state index contributed by atoms with van der Waals surface area (Å²) in [6.07, 6.45) is 7.73. The Hall–Kier alpha value is -0.490. The summed E-state index contributed by atoms with van der Waals surface area (Å²) in [5, 5.41) is 3.14. The molecule has 1 fully saturated rings. The lowest BCUT2D eigenvalue weighted by atomic mass is 10.0. The monoisotopic (exact) mass is 241 g/mol. The largest absolute Gasteiger partial charge is 0.378 e. The van der Waals surface area contributed by atoms with Crippen molar-refractivity contribution in [3.63, 3.8) is 0 Å². The first kappa shape index (κ1) is 12.0. The van der Waals surface area contributed by atoms with E-state index in [0.29, 0.717) is 6.10 Å². The molecule has 1 aliphatic rings. The number of rotatable bonds is 5. The summed E-state index contributed by atoms with van der Waals surface area (Å²) in [4.78, 5) is 4.28. The van der Waals surface area contributed by atoms with Crippen LogP contribution in [0.1, 0.15) is 30.7 Å². The van der Waals surface area contributed by atoms with Crippen LogP contribution in [0.3, 0.4) is 0 Å². The standard InChI is InChI=1S/C11H19N3OS/c12-14-9(8-11-13-4-6-16-11)7-10-3-1-2-5-15-10/h4,6,9-10,14H,1-3,5,7-8,12H2. The molecule has 0 amide bonds. The summed E-state index contributed by atoms with van der Waals surface area (Å²) in [6.45, 7) is 0.902. The molecule has 2 rings (SSSR count). The van der Waals surface area contributed by atoms with Crippen LogP contribution in [0.4, 0.5) is 0 Å². The summed E-state index contributed by atoms with van der Waals surface area (Å²) < 4.78 is 5.72. The Morgan fingerprint density at radius 3 is 3.19 bits per heavy atom. The second-order valence-corrected chi connectivity index (χ2v) is 5.20. The molecular formula is C11H19N3OS. The second-order valence-electron chi connectivity index (χ2n) is 4.22. The van der Waals surface area contributed by atoms with E-state index in [-0.39, 0.29) is 6.04 Å². The highest BCUT2D eigenvalue weighted by molar-refractivity contribution is 7.09. The first-order valence-electron chi connectivity index (χ1n) is 5.84. The Bertz CT molecular complexity index is 285. The van der Waals surface area contributed by atoms with Gasteiger partial charge in [-0.1, -0.05) is 0 Å². The van der Waals surface area contributed by atoms with Crippen molar-refractivity contribution in [3.05, 3.63) is 16.6 Å². The Balaban J connectivity index is 1.80. The number of hydrazine groups is 1. The van der Waals surface area contributed by atoms with E-state index in [1.165, 1.54) is 12.8 Å². The van der Waals surface area contributed by atoms with Crippen LogP contribution in [0.2, 0.25) is 0 Å². The maximum atomic E-state index is 5.72. The molecule has 16 heavy (non-hydrogen) atoms. The summed E-state index contributed by atoms with van der Waals surface area (Å²) >= 11 is 1.68. The van der Waals surface area contributed by atoms with Gasteiger partial charge in [-0.2, -0.15) is 0 Å². The predicted octanol–water partition coefficient (Wildman–Crippen LogP) is 1.48. The van der Waals surface area contributed by atoms with Crippen molar-refractivity contribution in [2.75, 3.05) is 6.61 Å². The molecule has 0 saturated carbocycles. The molecule has 0 aliphatic carbocycles. The van der Waals surface area contributed by atoms with E-state index in [2.05, 4.69) is 10.4 Å². The molecule has 90 valence electrons. The minimum Gasteiger partial charge on any atom is -0.378 e. The quantitative estimate of drug-likeness (QED) is 0.605. The van der Waals surface area contributed by atoms with Gasteiger partial charge >= 0.3 is 0 Å². The van der Waals surface area contributed by atoms with Crippen molar-refractivity contribution in [2.24, 2.45) is 5.84 Å². The Kier molecular flexibility index (Phi) is 4.71. The number of ether oxygens (including phenoxy) is 1. The van der Waals surface area contributed by atoms with Crippen LogP contribution in [-0.4, -0.2) is 23.7 Å². The second kappa shape index (κ2) is 6.30. The van der Waals surface area contributed by atoms with Crippen molar-refractivity contribution in [1.29, 1.82) is 0 Å². The molecule has 0 radical (unpaired) electrons. The average Bonchev–Trinajstić information content (AvgIpc) is 2.82. The molecule has 1 aromatic heterocycles. The molecular weight excluding hydrogens is 222 g/mol. The summed E-state index contributed by atoms with van der Waals surface area (Å²) in [7, 11) is 0. The first-order valence-corrected chi connectivity index (χ1v) is 6.72. The zero-order chi connectivity index (χ0) is 11.2. The summed E-state index contributed by atoms with van der Waals surface area (Å²) in [5.41, 5.74) is 2.87. The first-order chi connectivity index (χ1) is 7.88. The highest BCUT2D eigenvalue weighted by atomic mass is 32.1. The lowest BCUT2D eigenvalue weighted by molar-refractivity contribution is 0.00524. The lowest BCUT2D eigenvalue weighted by Crippen LogP contribution is -2.40. The zero-order valence-electron chi connectivity index (χ0n) is 9.39. The molecule has 3 N–H and O–H groups in total. The average molecular weight is 241 g/mol. The van der Waals surface area contributed by atoms with Crippen molar-refractivity contribution >= 4 is 11.3 Å². The van der Waals surface area contributed by atoms with Crippen molar-refractivity contribution in [1.82, 2.24) is 10.4 Å². The van der Waals surface area contributed by atoms with E-state index in [1.54, 1.807) is 11.3 Å². The van der Waals surface area contributed by atoms with Gasteiger partial charge in [0.05, 0.1) is 11.1 Å². The van der Waals surface area contributed by atoms with Gasteiger partial charge in [-0.05, 0) is 25.7 Å². The number of hydrogen-bond acceptors (Lipinski definition) is 5. The van der Waals surface area contributed by atoms with Crippen LogP contribution in [0.15, 0.2) is 11.6 Å². The molecule has 4 nitrogen and oxygen atoms in total. The van der Waals surface area contributed by atoms with Gasteiger partial charge in [0.25, 0.3) is 0 Å². The van der Waals surface area contributed by atoms with Crippen molar-refractivity contribution < 1.29 is 4.74 Å². The Labute approximate surface area is 100 Å². The molecule has 0 spiro atoms. The number of aromatic nitrogens is 1. The van der Waals surface area contributed by atoms with Gasteiger partial charge < -0.3 is 4.74 Å². The smallest absolute Gasteiger partial charge is 0.0940 e. The van der Waals surface area contributed by atoms with Crippen LogP contribution in [0, 0.1) is 0 Å². The molecule has 1 aliphatic heterocycles. The fourth-order valence-corrected chi connectivity index (χ4v) is 2.78. The van der Waals surface area contributed by atoms with Crippen LogP contribution in [-0.2, 0) is 11.2 Å².